The van der Waals surface area contributed by atoms with E-state index in [1.54, 1.807) is 30.3 Å². The molecule has 1 amide bonds. The molecular formula is C17H15ClFNO3S. The summed E-state index contributed by atoms with van der Waals surface area (Å²) in [6, 6.07) is 9.79. The Balaban J connectivity index is 1.50. The number of nitrogens with one attached hydrogen (secondary N) is 1. The van der Waals surface area contributed by atoms with Gasteiger partial charge in [0, 0.05) is 22.5 Å². The minimum Gasteiger partial charge on any atom is -0.486 e. The van der Waals surface area contributed by atoms with Crippen molar-refractivity contribution in [3.8, 4) is 11.5 Å². The van der Waals surface area contributed by atoms with Crippen LogP contribution in [0.5, 0.6) is 11.5 Å². The third-order valence-electron chi connectivity index (χ3n) is 3.33. The molecule has 0 fully saturated rings. The number of carbonyl (C=O) groups excluding carboxylic acids is 1. The first-order valence-corrected chi connectivity index (χ1v) is 8.86. The van der Waals surface area contributed by atoms with E-state index in [0.717, 1.165) is 0 Å². The number of fused-ring (bicyclic) bond motifs is 1. The predicted molar refractivity (Wildman–Crippen MR) is 93.6 cm³/mol. The quantitative estimate of drug-likeness (QED) is 0.863. The second-order valence-electron chi connectivity index (χ2n) is 5.14. The zero-order valence-corrected chi connectivity index (χ0v) is 14.3. The lowest BCUT2D eigenvalue weighted by Crippen LogP contribution is -2.17. The van der Waals surface area contributed by atoms with Crippen LogP contribution in [0.25, 0.3) is 0 Å². The van der Waals surface area contributed by atoms with Gasteiger partial charge in [-0.05, 0) is 29.8 Å². The number of rotatable bonds is 5. The van der Waals surface area contributed by atoms with Crippen LogP contribution in [-0.2, 0) is 10.5 Å². The van der Waals surface area contributed by atoms with Crippen molar-refractivity contribution in [2.24, 2.45) is 0 Å². The minimum absolute atomic E-state index is 0.161. The molecule has 0 saturated heterocycles. The maximum absolute atomic E-state index is 13.7. The number of anilines is 1. The first-order chi connectivity index (χ1) is 11.6. The van der Waals surface area contributed by atoms with Crippen LogP contribution in [0.15, 0.2) is 36.4 Å². The van der Waals surface area contributed by atoms with Gasteiger partial charge in [0.1, 0.15) is 19.0 Å². The highest BCUT2D eigenvalue weighted by molar-refractivity contribution is 7.99. The van der Waals surface area contributed by atoms with Crippen LogP contribution >= 0.6 is 23.4 Å². The van der Waals surface area contributed by atoms with Gasteiger partial charge in [-0.3, -0.25) is 4.79 Å². The topological polar surface area (TPSA) is 47.6 Å². The third kappa shape index (κ3) is 4.33. The van der Waals surface area contributed by atoms with Crippen molar-refractivity contribution in [1.82, 2.24) is 0 Å². The van der Waals surface area contributed by atoms with Crippen LogP contribution in [0.3, 0.4) is 0 Å². The Morgan fingerprint density at radius 3 is 2.75 bits per heavy atom. The third-order valence-corrected chi connectivity index (χ3v) is 4.55. The SMILES string of the molecule is O=C(CSCc1ccc(Cl)cc1F)Nc1ccc2c(c1)OCCO2. The zero-order chi connectivity index (χ0) is 16.9. The number of amides is 1. The van der Waals surface area contributed by atoms with Gasteiger partial charge in [-0.25, -0.2) is 4.39 Å². The Morgan fingerprint density at radius 1 is 1.17 bits per heavy atom. The van der Waals surface area contributed by atoms with Crippen LogP contribution in [0.4, 0.5) is 10.1 Å². The molecule has 0 bridgehead atoms. The summed E-state index contributed by atoms with van der Waals surface area (Å²) >= 11 is 7.04. The number of halogens is 2. The molecule has 1 N–H and O–H groups in total. The highest BCUT2D eigenvalue weighted by atomic mass is 35.5. The van der Waals surface area contributed by atoms with Crippen LogP contribution < -0.4 is 14.8 Å². The fraction of sp³-hybridized carbons (Fsp3) is 0.235. The fourth-order valence-electron chi connectivity index (χ4n) is 2.21. The van der Waals surface area contributed by atoms with E-state index in [2.05, 4.69) is 5.32 Å². The highest BCUT2D eigenvalue weighted by Crippen LogP contribution is 2.32. The Kier molecular flexibility index (Phi) is 5.48. The first kappa shape index (κ1) is 16.9. The van der Waals surface area contributed by atoms with Crippen molar-refractivity contribution in [2.45, 2.75) is 5.75 Å². The summed E-state index contributed by atoms with van der Waals surface area (Å²) in [6.45, 7) is 1.02. The molecule has 0 radical (unpaired) electrons. The van der Waals surface area contributed by atoms with Crippen molar-refractivity contribution in [3.63, 3.8) is 0 Å². The van der Waals surface area contributed by atoms with Crippen molar-refractivity contribution in [2.75, 3.05) is 24.3 Å². The van der Waals surface area contributed by atoms with Crippen LogP contribution in [0.2, 0.25) is 5.02 Å². The molecule has 2 aromatic carbocycles. The summed E-state index contributed by atoms with van der Waals surface area (Å²) in [7, 11) is 0. The van der Waals surface area contributed by atoms with Gasteiger partial charge in [0.15, 0.2) is 11.5 Å². The van der Waals surface area contributed by atoms with Gasteiger partial charge in [-0.15, -0.1) is 11.8 Å². The maximum atomic E-state index is 13.7. The molecule has 0 atom stereocenters. The van der Waals surface area contributed by atoms with Crippen LogP contribution in [-0.4, -0.2) is 24.9 Å². The number of thioether (sulfide) groups is 1. The molecule has 1 aliphatic heterocycles. The van der Waals surface area contributed by atoms with E-state index in [1.165, 1.54) is 17.8 Å². The second-order valence-corrected chi connectivity index (χ2v) is 6.56. The predicted octanol–water partition coefficient (Wildman–Crippen LogP) is 4.12. The number of benzene rings is 2. The average Bonchev–Trinajstić information content (AvgIpc) is 2.57. The Morgan fingerprint density at radius 2 is 1.96 bits per heavy atom. The molecule has 1 heterocycles. The lowest BCUT2D eigenvalue weighted by atomic mass is 10.2. The first-order valence-electron chi connectivity index (χ1n) is 7.33. The number of hydrogen-bond acceptors (Lipinski definition) is 4. The molecule has 0 aromatic heterocycles. The number of ether oxygens (including phenoxy) is 2. The molecule has 7 heteroatoms. The van der Waals surface area contributed by atoms with E-state index >= 15 is 0 Å². The van der Waals surface area contributed by atoms with Crippen LogP contribution in [0.1, 0.15) is 5.56 Å². The standard InChI is InChI=1S/C17H15ClFNO3S/c18-12-2-1-11(14(19)7-12)9-24-10-17(21)20-13-3-4-15-16(8-13)23-6-5-22-15/h1-4,7-8H,5-6,9-10H2,(H,20,21). The molecule has 24 heavy (non-hydrogen) atoms. The summed E-state index contributed by atoms with van der Waals surface area (Å²) in [5.74, 6) is 1.39. The second kappa shape index (κ2) is 7.77. The Hall–Kier alpha value is -1.92. The fourth-order valence-corrected chi connectivity index (χ4v) is 3.18. The van der Waals surface area contributed by atoms with E-state index in [1.807, 2.05) is 0 Å². The largest absolute Gasteiger partial charge is 0.486 e. The molecule has 0 spiro atoms. The van der Waals surface area contributed by atoms with Crippen LogP contribution in [0, 0.1) is 5.82 Å². The van der Waals surface area contributed by atoms with Gasteiger partial charge in [-0.2, -0.15) is 0 Å². The van der Waals surface area contributed by atoms with Crippen molar-refractivity contribution in [1.29, 1.82) is 0 Å². The summed E-state index contributed by atoms with van der Waals surface area (Å²) in [4.78, 5) is 12.0. The van der Waals surface area contributed by atoms with Crippen molar-refractivity contribution < 1.29 is 18.7 Å². The smallest absolute Gasteiger partial charge is 0.234 e. The molecule has 4 nitrogen and oxygen atoms in total. The summed E-state index contributed by atoms with van der Waals surface area (Å²) < 4.78 is 24.6. The van der Waals surface area contributed by atoms with E-state index in [9.17, 15) is 9.18 Å². The van der Waals surface area contributed by atoms with Gasteiger partial charge < -0.3 is 14.8 Å². The van der Waals surface area contributed by atoms with E-state index < -0.39 is 0 Å². The molecule has 3 rings (SSSR count). The molecule has 1 aliphatic rings. The van der Waals surface area contributed by atoms with Gasteiger partial charge in [0.2, 0.25) is 5.91 Å². The van der Waals surface area contributed by atoms with Gasteiger partial charge in [-0.1, -0.05) is 17.7 Å². The monoisotopic (exact) mass is 367 g/mol. The normalized spacial score (nSPS) is 12.8. The van der Waals surface area contributed by atoms with Crippen molar-refractivity contribution in [3.05, 3.63) is 52.8 Å². The molecule has 0 unspecified atom stereocenters. The van der Waals surface area contributed by atoms with E-state index in [4.69, 9.17) is 21.1 Å². The summed E-state index contributed by atoms with van der Waals surface area (Å²) in [6.07, 6.45) is 0. The van der Waals surface area contributed by atoms with Crippen molar-refractivity contribution >= 4 is 35.0 Å². The maximum Gasteiger partial charge on any atom is 0.234 e. The molecule has 0 aliphatic carbocycles. The van der Waals surface area contributed by atoms with E-state index in [0.29, 0.717) is 46.7 Å². The van der Waals surface area contributed by atoms with E-state index in [-0.39, 0.29) is 17.5 Å². The minimum atomic E-state index is -0.359. The van der Waals surface area contributed by atoms with Gasteiger partial charge in [0.05, 0.1) is 5.75 Å². The molecule has 0 saturated carbocycles. The highest BCUT2D eigenvalue weighted by Gasteiger charge is 2.13. The molecular weight excluding hydrogens is 353 g/mol. The molecule has 2 aromatic rings. The lowest BCUT2D eigenvalue weighted by molar-refractivity contribution is -0.113. The summed E-state index contributed by atoms with van der Waals surface area (Å²) in [5.41, 5.74) is 1.17. The average molecular weight is 368 g/mol. The Labute approximate surface area is 148 Å². The summed E-state index contributed by atoms with van der Waals surface area (Å²) in [5, 5.41) is 3.15. The van der Waals surface area contributed by atoms with Gasteiger partial charge in [0.25, 0.3) is 0 Å². The number of hydrogen-bond donors (Lipinski definition) is 1. The Bertz CT molecular complexity index is 757. The number of carbonyl (C=O) groups is 1. The lowest BCUT2D eigenvalue weighted by Gasteiger charge is -2.19. The zero-order valence-electron chi connectivity index (χ0n) is 12.7. The molecule has 126 valence electrons. The van der Waals surface area contributed by atoms with Gasteiger partial charge >= 0.3 is 0 Å².